The number of methoxy groups -OCH3 is 1. The number of carbonyl (C=O) groups excluding carboxylic acids is 1. The fourth-order valence-electron chi connectivity index (χ4n) is 1.01. The lowest BCUT2D eigenvalue weighted by Gasteiger charge is -2.04. The summed E-state index contributed by atoms with van der Waals surface area (Å²) < 4.78 is 9.56. The van der Waals surface area contributed by atoms with E-state index in [0.29, 0.717) is 11.7 Å². The second kappa shape index (κ2) is 4.23. The molecule has 1 aromatic heterocycles. The van der Waals surface area contributed by atoms with E-state index in [1.807, 2.05) is 0 Å². The van der Waals surface area contributed by atoms with Gasteiger partial charge in [0.05, 0.1) is 19.2 Å². The van der Waals surface area contributed by atoms with Gasteiger partial charge in [0.2, 0.25) is 0 Å². The average Bonchev–Trinajstić information content (AvgIpc) is 2.44. The third-order valence-electron chi connectivity index (χ3n) is 1.91. The molecule has 0 aliphatic heterocycles. The number of aliphatic hydroxyl groups is 1. The van der Waals surface area contributed by atoms with E-state index in [-0.39, 0.29) is 6.42 Å². The molecular formula is C9H13NO4. The molecule has 0 amide bonds. The van der Waals surface area contributed by atoms with Gasteiger partial charge >= 0.3 is 5.97 Å². The van der Waals surface area contributed by atoms with Gasteiger partial charge in [-0.1, -0.05) is 0 Å². The smallest absolute Gasteiger partial charge is 0.335 e. The lowest BCUT2D eigenvalue weighted by molar-refractivity contribution is -0.150. The predicted octanol–water partition coefficient (Wildman–Crippen LogP) is 0.368. The maximum Gasteiger partial charge on any atom is 0.335 e. The minimum atomic E-state index is -1.21. The Labute approximate surface area is 81.7 Å². The topological polar surface area (TPSA) is 72.6 Å². The fourth-order valence-corrected chi connectivity index (χ4v) is 1.01. The van der Waals surface area contributed by atoms with Gasteiger partial charge in [-0.25, -0.2) is 9.78 Å². The highest BCUT2D eigenvalue weighted by Crippen LogP contribution is 2.10. The minimum Gasteiger partial charge on any atom is -0.467 e. The van der Waals surface area contributed by atoms with Crippen molar-refractivity contribution in [1.29, 1.82) is 0 Å². The van der Waals surface area contributed by atoms with Gasteiger partial charge in [0.25, 0.3) is 0 Å². The van der Waals surface area contributed by atoms with Crippen LogP contribution in [-0.4, -0.2) is 29.3 Å². The molecular weight excluding hydrogens is 186 g/mol. The number of rotatable bonds is 3. The molecule has 0 saturated carbocycles. The summed E-state index contributed by atoms with van der Waals surface area (Å²) in [5, 5.41) is 9.30. The molecule has 1 aromatic rings. The van der Waals surface area contributed by atoms with Crippen LogP contribution in [0.15, 0.2) is 4.42 Å². The summed E-state index contributed by atoms with van der Waals surface area (Å²) in [4.78, 5) is 14.9. The van der Waals surface area contributed by atoms with E-state index >= 15 is 0 Å². The first kappa shape index (κ1) is 10.7. The first-order valence-electron chi connectivity index (χ1n) is 4.23. The molecule has 1 atom stereocenters. The van der Waals surface area contributed by atoms with Gasteiger partial charge in [-0.15, -0.1) is 0 Å². The molecule has 0 aromatic carbocycles. The van der Waals surface area contributed by atoms with E-state index in [2.05, 4.69) is 9.72 Å². The van der Waals surface area contributed by atoms with Crippen LogP contribution in [0.2, 0.25) is 0 Å². The van der Waals surface area contributed by atoms with Gasteiger partial charge in [-0.3, -0.25) is 0 Å². The second-order valence-corrected chi connectivity index (χ2v) is 2.99. The highest BCUT2D eigenvalue weighted by molar-refractivity contribution is 5.74. The van der Waals surface area contributed by atoms with Crippen molar-refractivity contribution in [2.75, 3.05) is 7.11 Å². The van der Waals surface area contributed by atoms with Crippen molar-refractivity contribution >= 4 is 5.97 Å². The highest BCUT2D eigenvalue weighted by Gasteiger charge is 2.19. The van der Waals surface area contributed by atoms with Crippen LogP contribution in [0.4, 0.5) is 0 Å². The summed E-state index contributed by atoms with van der Waals surface area (Å²) >= 11 is 0. The average molecular weight is 199 g/mol. The molecule has 0 fully saturated rings. The molecule has 0 aliphatic carbocycles. The Bertz CT molecular complexity index is 312. The third kappa shape index (κ3) is 2.32. The van der Waals surface area contributed by atoms with Crippen molar-refractivity contribution in [1.82, 2.24) is 4.98 Å². The van der Waals surface area contributed by atoms with Crippen LogP contribution in [0.25, 0.3) is 0 Å². The van der Waals surface area contributed by atoms with E-state index in [0.717, 1.165) is 5.69 Å². The lowest BCUT2D eigenvalue weighted by atomic mass is 10.2. The van der Waals surface area contributed by atoms with E-state index in [1.165, 1.54) is 7.11 Å². The van der Waals surface area contributed by atoms with Gasteiger partial charge in [-0.05, 0) is 13.8 Å². The Morgan fingerprint density at radius 3 is 2.71 bits per heavy atom. The molecule has 1 unspecified atom stereocenters. The first-order valence-corrected chi connectivity index (χ1v) is 4.23. The van der Waals surface area contributed by atoms with Crippen LogP contribution < -0.4 is 0 Å². The number of hydrogen-bond acceptors (Lipinski definition) is 5. The number of oxazole rings is 1. The SMILES string of the molecule is COC(=O)C(O)Cc1nc(C)c(C)o1. The molecule has 5 nitrogen and oxygen atoms in total. The van der Waals surface area contributed by atoms with E-state index in [4.69, 9.17) is 4.42 Å². The number of nitrogens with zero attached hydrogens (tertiary/aromatic N) is 1. The van der Waals surface area contributed by atoms with Crippen molar-refractivity contribution in [3.63, 3.8) is 0 Å². The summed E-state index contributed by atoms with van der Waals surface area (Å²) in [6, 6.07) is 0. The molecule has 0 radical (unpaired) electrons. The van der Waals surface area contributed by atoms with Crippen LogP contribution >= 0.6 is 0 Å². The number of ether oxygens (including phenoxy) is 1. The molecule has 5 heteroatoms. The van der Waals surface area contributed by atoms with Crippen molar-refractivity contribution in [2.45, 2.75) is 26.4 Å². The number of aryl methyl sites for hydroxylation is 2. The van der Waals surface area contributed by atoms with E-state index in [9.17, 15) is 9.90 Å². The Hall–Kier alpha value is -1.36. The van der Waals surface area contributed by atoms with Crippen LogP contribution in [0.1, 0.15) is 17.3 Å². The summed E-state index contributed by atoms with van der Waals surface area (Å²) in [6.07, 6.45) is -1.17. The van der Waals surface area contributed by atoms with Crippen LogP contribution in [-0.2, 0) is 16.0 Å². The number of hydrogen-bond donors (Lipinski definition) is 1. The maximum absolute atomic E-state index is 10.9. The number of carbonyl (C=O) groups is 1. The Morgan fingerprint density at radius 2 is 2.29 bits per heavy atom. The van der Waals surface area contributed by atoms with E-state index < -0.39 is 12.1 Å². The monoisotopic (exact) mass is 199 g/mol. The van der Waals surface area contributed by atoms with Gasteiger partial charge in [-0.2, -0.15) is 0 Å². The Morgan fingerprint density at radius 1 is 1.64 bits per heavy atom. The Kier molecular flexibility index (Phi) is 3.24. The normalized spacial score (nSPS) is 12.6. The molecule has 1 N–H and O–H groups in total. The summed E-state index contributed by atoms with van der Waals surface area (Å²) in [7, 11) is 1.22. The van der Waals surface area contributed by atoms with Gasteiger partial charge in [0.15, 0.2) is 12.0 Å². The molecule has 0 saturated heterocycles. The third-order valence-corrected chi connectivity index (χ3v) is 1.91. The van der Waals surface area contributed by atoms with Crippen molar-refractivity contribution in [2.24, 2.45) is 0 Å². The number of aliphatic hydroxyl groups excluding tert-OH is 1. The standard InChI is InChI=1S/C9H13NO4/c1-5-6(2)14-8(10-5)4-7(11)9(12)13-3/h7,11H,4H2,1-3H3. The van der Waals surface area contributed by atoms with Gasteiger partial charge < -0.3 is 14.3 Å². The summed E-state index contributed by atoms with van der Waals surface area (Å²) in [6.45, 7) is 3.57. The lowest BCUT2D eigenvalue weighted by Crippen LogP contribution is -2.24. The zero-order valence-electron chi connectivity index (χ0n) is 8.40. The summed E-state index contributed by atoms with van der Waals surface area (Å²) in [5.41, 5.74) is 0.761. The molecule has 14 heavy (non-hydrogen) atoms. The quantitative estimate of drug-likeness (QED) is 0.712. The first-order chi connectivity index (χ1) is 6.54. The molecule has 0 bridgehead atoms. The largest absolute Gasteiger partial charge is 0.467 e. The second-order valence-electron chi connectivity index (χ2n) is 2.99. The Balaban J connectivity index is 2.64. The summed E-state index contributed by atoms with van der Waals surface area (Å²) in [5.74, 6) is 0.355. The highest BCUT2D eigenvalue weighted by atomic mass is 16.5. The van der Waals surface area contributed by atoms with Gasteiger partial charge in [0, 0.05) is 0 Å². The molecule has 1 heterocycles. The van der Waals surface area contributed by atoms with Crippen molar-refractivity contribution in [3.8, 4) is 0 Å². The van der Waals surface area contributed by atoms with Crippen LogP contribution in [0, 0.1) is 13.8 Å². The van der Waals surface area contributed by atoms with E-state index in [1.54, 1.807) is 13.8 Å². The molecule has 78 valence electrons. The van der Waals surface area contributed by atoms with Crippen LogP contribution in [0.5, 0.6) is 0 Å². The number of esters is 1. The predicted molar refractivity (Wildman–Crippen MR) is 47.7 cm³/mol. The number of aromatic nitrogens is 1. The maximum atomic E-state index is 10.9. The van der Waals surface area contributed by atoms with Crippen molar-refractivity contribution in [3.05, 3.63) is 17.3 Å². The minimum absolute atomic E-state index is 0.0430. The zero-order valence-corrected chi connectivity index (χ0v) is 8.40. The molecule has 0 aliphatic rings. The van der Waals surface area contributed by atoms with Crippen LogP contribution in [0.3, 0.4) is 0 Å². The fraction of sp³-hybridized carbons (Fsp3) is 0.556. The zero-order chi connectivity index (χ0) is 10.7. The van der Waals surface area contributed by atoms with Gasteiger partial charge in [0.1, 0.15) is 5.76 Å². The molecule has 0 spiro atoms. The van der Waals surface area contributed by atoms with Crippen molar-refractivity contribution < 1.29 is 19.1 Å². The molecule has 1 rings (SSSR count).